The molecule has 0 aromatic carbocycles. The third kappa shape index (κ3) is 5.66. The van der Waals surface area contributed by atoms with E-state index in [0.717, 1.165) is 39.0 Å². The van der Waals surface area contributed by atoms with Crippen molar-refractivity contribution in [2.75, 3.05) is 32.7 Å². The van der Waals surface area contributed by atoms with Gasteiger partial charge in [0.15, 0.2) is 0 Å². The van der Waals surface area contributed by atoms with E-state index in [9.17, 15) is 4.79 Å². The predicted octanol–water partition coefficient (Wildman–Crippen LogP) is 0.532. The molecule has 1 aliphatic heterocycles. The summed E-state index contributed by atoms with van der Waals surface area (Å²) in [5, 5.41) is 20.3. The molecule has 1 rings (SSSR count). The fourth-order valence-electron chi connectivity index (χ4n) is 2.30. The SMILES string of the molecule is CC(C#N)CN1CCCC(CNCC(=O)O)C1. The van der Waals surface area contributed by atoms with Crippen molar-refractivity contribution in [2.24, 2.45) is 11.8 Å². The number of carbonyl (C=O) groups is 1. The highest BCUT2D eigenvalue weighted by Gasteiger charge is 2.20. The molecule has 0 aliphatic carbocycles. The third-order valence-corrected chi connectivity index (χ3v) is 3.06. The number of likely N-dealkylation sites (tertiary alicyclic amines) is 1. The third-order valence-electron chi connectivity index (χ3n) is 3.06. The average molecular weight is 239 g/mol. The van der Waals surface area contributed by atoms with Gasteiger partial charge in [-0.1, -0.05) is 0 Å². The van der Waals surface area contributed by atoms with E-state index in [1.54, 1.807) is 0 Å². The maximum absolute atomic E-state index is 10.4. The molecule has 0 aromatic heterocycles. The lowest BCUT2D eigenvalue weighted by Crippen LogP contribution is -2.42. The van der Waals surface area contributed by atoms with Crippen molar-refractivity contribution in [3.8, 4) is 6.07 Å². The van der Waals surface area contributed by atoms with Crippen LogP contribution >= 0.6 is 0 Å². The molecule has 5 nitrogen and oxygen atoms in total. The van der Waals surface area contributed by atoms with Crippen LogP contribution in [0.4, 0.5) is 0 Å². The van der Waals surface area contributed by atoms with Gasteiger partial charge in [0.1, 0.15) is 0 Å². The number of nitriles is 1. The molecule has 1 fully saturated rings. The Morgan fingerprint density at radius 3 is 3.12 bits per heavy atom. The summed E-state index contributed by atoms with van der Waals surface area (Å²) in [6.45, 7) is 5.58. The van der Waals surface area contributed by atoms with Crippen molar-refractivity contribution < 1.29 is 9.90 Å². The molecule has 2 unspecified atom stereocenters. The van der Waals surface area contributed by atoms with E-state index in [4.69, 9.17) is 10.4 Å². The van der Waals surface area contributed by atoms with E-state index in [1.165, 1.54) is 0 Å². The molecule has 0 radical (unpaired) electrons. The van der Waals surface area contributed by atoms with E-state index < -0.39 is 5.97 Å². The van der Waals surface area contributed by atoms with Crippen LogP contribution in [0, 0.1) is 23.2 Å². The zero-order valence-electron chi connectivity index (χ0n) is 10.4. The maximum Gasteiger partial charge on any atom is 0.317 e. The Kier molecular flexibility index (Phi) is 5.95. The molecule has 0 aromatic rings. The van der Waals surface area contributed by atoms with Gasteiger partial charge >= 0.3 is 5.97 Å². The lowest BCUT2D eigenvalue weighted by molar-refractivity contribution is -0.136. The summed E-state index contributed by atoms with van der Waals surface area (Å²) in [7, 11) is 0. The van der Waals surface area contributed by atoms with Gasteiger partial charge in [-0.15, -0.1) is 0 Å². The van der Waals surface area contributed by atoms with Crippen molar-refractivity contribution in [1.82, 2.24) is 10.2 Å². The number of hydrogen-bond acceptors (Lipinski definition) is 4. The average Bonchev–Trinajstić information content (AvgIpc) is 2.29. The predicted molar refractivity (Wildman–Crippen MR) is 64.4 cm³/mol. The first-order valence-electron chi connectivity index (χ1n) is 6.16. The zero-order valence-corrected chi connectivity index (χ0v) is 10.4. The molecular formula is C12H21N3O2. The summed E-state index contributed by atoms with van der Waals surface area (Å²) in [6.07, 6.45) is 2.28. The summed E-state index contributed by atoms with van der Waals surface area (Å²) in [5.74, 6) is -0.231. The highest BCUT2D eigenvalue weighted by atomic mass is 16.4. The Bertz CT molecular complexity index is 288. The fourth-order valence-corrected chi connectivity index (χ4v) is 2.30. The van der Waals surface area contributed by atoms with Crippen molar-refractivity contribution in [3.05, 3.63) is 0 Å². The van der Waals surface area contributed by atoms with E-state index in [-0.39, 0.29) is 12.5 Å². The van der Waals surface area contributed by atoms with Gasteiger partial charge in [-0.2, -0.15) is 5.26 Å². The Labute approximate surface area is 102 Å². The highest BCUT2D eigenvalue weighted by Crippen LogP contribution is 2.16. The zero-order chi connectivity index (χ0) is 12.7. The van der Waals surface area contributed by atoms with Crippen molar-refractivity contribution in [2.45, 2.75) is 19.8 Å². The van der Waals surface area contributed by atoms with Crippen molar-refractivity contribution >= 4 is 5.97 Å². The van der Waals surface area contributed by atoms with Crippen LogP contribution in [0.5, 0.6) is 0 Å². The van der Waals surface area contributed by atoms with Crippen molar-refractivity contribution in [3.63, 3.8) is 0 Å². The standard InChI is InChI=1S/C12H21N3O2/c1-10(5-13)8-15-4-2-3-11(9-15)6-14-7-12(16)17/h10-11,14H,2-4,6-9H2,1H3,(H,16,17). The minimum absolute atomic E-state index is 0.0328. The first kappa shape index (κ1) is 13.9. The number of aliphatic carboxylic acids is 1. The van der Waals surface area contributed by atoms with E-state index in [0.29, 0.717) is 5.92 Å². The summed E-state index contributed by atoms with van der Waals surface area (Å²) in [6, 6.07) is 2.25. The van der Waals surface area contributed by atoms with Gasteiger partial charge in [0, 0.05) is 13.1 Å². The van der Waals surface area contributed by atoms with Crippen molar-refractivity contribution in [1.29, 1.82) is 5.26 Å². The number of nitrogens with one attached hydrogen (secondary N) is 1. The molecule has 5 heteroatoms. The molecule has 96 valence electrons. The van der Waals surface area contributed by atoms with Crippen LogP contribution in [0.15, 0.2) is 0 Å². The van der Waals surface area contributed by atoms with Gasteiger partial charge in [-0.3, -0.25) is 4.79 Å². The minimum Gasteiger partial charge on any atom is -0.480 e. The first-order chi connectivity index (χ1) is 8.11. The van der Waals surface area contributed by atoms with Crippen LogP contribution in [-0.4, -0.2) is 48.7 Å². The monoisotopic (exact) mass is 239 g/mol. The summed E-state index contributed by atoms with van der Waals surface area (Å²) in [4.78, 5) is 12.7. The normalized spacial score (nSPS) is 22.9. The first-order valence-corrected chi connectivity index (χ1v) is 6.16. The lowest BCUT2D eigenvalue weighted by Gasteiger charge is -2.33. The number of nitrogens with zero attached hydrogens (tertiary/aromatic N) is 2. The quantitative estimate of drug-likeness (QED) is 0.707. The number of carboxylic acid groups (broad SMARTS) is 1. The van der Waals surface area contributed by atoms with Gasteiger partial charge in [0.25, 0.3) is 0 Å². The molecule has 1 saturated heterocycles. The van der Waals surface area contributed by atoms with Gasteiger partial charge in [0.05, 0.1) is 18.5 Å². The van der Waals surface area contributed by atoms with Crippen LogP contribution in [0.3, 0.4) is 0 Å². The number of carboxylic acids is 1. The van der Waals surface area contributed by atoms with Crippen LogP contribution in [0.25, 0.3) is 0 Å². The molecule has 17 heavy (non-hydrogen) atoms. The van der Waals surface area contributed by atoms with Crippen LogP contribution in [0.2, 0.25) is 0 Å². The lowest BCUT2D eigenvalue weighted by atomic mass is 9.97. The second-order valence-electron chi connectivity index (χ2n) is 4.82. The van der Waals surface area contributed by atoms with Gasteiger partial charge < -0.3 is 15.3 Å². The molecule has 0 bridgehead atoms. The van der Waals surface area contributed by atoms with Gasteiger partial charge in [-0.05, 0) is 38.8 Å². The maximum atomic E-state index is 10.4. The molecule has 2 atom stereocenters. The largest absolute Gasteiger partial charge is 0.480 e. The summed E-state index contributed by atoms with van der Waals surface area (Å²) < 4.78 is 0. The highest BCUT2D eigenvalue weighted by molar-refractivity contribution is 5.68. The van der Waals surface area contributed by atoms with E-state index in [1.807, 2.05) is 6.92 Å². The van der Waals surface area contributed by atoms with Crippen LogP contribution in [-0.2, 0) is 4.79 Å². The van der Waals surface area contributed by atoms with Crippen LogP contribution < -0.4 is 5.32 Å². The molecule has 1 heterocycles. The molecule has 0 amide bonds. The second-order valence-corrected chi connectivity index (χ2v) is 4.82. The molecule has 0 spiro atoms. The molecule has 1 aliphatic rings. The van der Waals surface area contributed by atoms with E-state index in [2.05, 4.69) is 16.3 Å². The number of piperidine rings is 1. The van der Waals surface area contributed by atoms with Gasteiger partial charge in [-0.25, -0.2) is 0 Å². The fraction of sp³-hybridized carbons (Fsp3) is 0.833. The minimum atomic E-state index is -0.809. The smallest absolute Gasteiger partial charge is 0.317 e. The topological polar surface area (TPSA) is 76.4 Å². The number of rotatable bonds is 6. The molecule has 2 N–H and O–H groups in total. The summed E-state index contributed by atoms with van der Waals surface area (Å²) >= 11 is 0. The Hall–Kier alpha value is -1.12. The molecule has 0 saturated carbocycles. The Balaban J connectivity index is 2.24. The van der Waals surface area contributed by atoms with Crippen LogP contribution in [0.1, 0.15) is 19.8 Å². The Morgan fingerprint density at radius 1 is 1.71 bits per heavy atom. The Morgan fingerprint density at radius 2 is 2.47 bits per heavy atom. The number of hydrogen-bond donors (Lipinski definition) is 2. The summed E-state index contributed by atoms with van der Waals surface area (Å²) in [5.41, 5.74) is 0. The molecular weight excluding hydrogens is 218 g/mol. The van der Waals surface area contributed by atoms with Gasteiger partial charge in [0.2, 0.25) is 0 Å². The van der Waals surface area contributed by atoms with E-state index >= 15 is 0 Å². The second kappa shape index (κ2) is 7.25.